The molecule has 13 aromatic rings. The monoisotopic (exact) mass is 2030 g/mol. The maximum Gasteiger partial charge on any atom is 0.223 e. The van der Waals surface area contributed by atoms with Gasteiger partial charge in [-0.2, -0.15) is 0 Å². The van der Waals surface area contributed by atoms with Crippen molar-refractivity contribution in [2.24, 2.45) is 0 Å². The summed E-state index contributed by atoms with van der Waals surface area (Å²) in [5.74, 6) is 8.99. The summed E-state index contributed by atoms with van der Waals surface area (Å²) >= 11 is 50.7. The summed E-state index contributed by atoms with van der Waals surface area (Å²) in [4.78, 5) is 66.2. The van der Waals surface area contributed by atoms with Crippen LogP contribution in [-0.4, -0.2) is 171 Å². The molecular formula is C108H129Cl8N23. The van der Waals surface area contributed by atoms with Crippen molar-refractivity contribution >= 4 is 117 Å². The first-order valence-electron chi connectivity index (χ1n) is 50.4. The zero-order valence-electron chi connectivity index (χ0n) is 81.1. The van der Waals surface area contributed by atoms with E-state index in [0.29, 0.717) is 106 Å². The quantitative estimate of drug-likeness (QED) is 0.0341. The number of hydrogen-bond donors (Lipinski definition) is 4. The molecule has 3 saturated heterocycles. The molecule has 4 aliphatic carbocycles. The number of likely N-dealkylation sites (tertiary alicyclic amines) is 3. The molecule has 23 nitrogen and oxygen atoms in total. The van der Waals surface area contributed by atoms with Crippen molar-refractivity contribution in [1.29, 1.82) is 0 Å². The van der Waals surface area contributed by atoms with Gasteiger partial charge in [-0.15, -0.1) is 0 Å². The van der Waals surface area contributed by atoms with Crippen LogP contribution in [0.2, 0.25) is 40.2 Å². The molecule has 8 aromatic heterocycles. The maximum absolute atomic E-state index is 6.47. The van der Waals surface area contributed by atoms with Gasteiger partial charge in [0.25, 0.3) is 0 Å². The fourth-order valence-electron chi connectivity index (χ4n) is 20.0. The Balaban J connectivity index is 0.000000128. The van der Waals surface area contributed by atoms with Crippen LogP contribution in [0, 0.1) is 0 Å². The van der Waals surface area contributed by atoms with E-state index < -0.39 is 0 Å². The first kappa shape index (κ1) is 101. The van der Waals surface area contributed by atoms with E-state index >= 15 is 0 Å². The number of halogens is 8. The Morgan fingerprint density at radius 3 is 0.842 bits per heavy atom. The number of hydrogen-bond acceptors (Lipinski definition) is 19. The average Bonchev–Trinajstić information content (AvgIpc) is 1.63. The van der Waals surface area contributed by atoms with E-state index in [4.69, 9.17) is 133 Å². The number of rotatable bonds is 29. The van der Waals surface area contributed by atoms with Crippen molar-refractivity contribution in [2.75, 3.05) is 81.7 Å². The van der Waals surface area contributed by atoms with Crippen LogP contribution in [0.1, 0.15) is 247 Å². The molecule has 3 aliphatic heterocycles. The molecule has 11 heterocycles. The summed E-state index contributed by atoms with van der Waals surface area (Å²) in [6.07, 6.45) is 35.2. The van der Waals surface area contributed by atoms with Gasteiger partial charge < -0.3 is 54.2 Å². The summed E-state index contributed by atoms with van der Waals surface area (Å²) in [6.45, 7) is 21.0. The van der Waals surface area contributed by atoms with Gasteiger partial charge in [0.1, 0.15) is 23.3 Å². The van der Waals surface area contributed by atoms with Gasteiger partial charge in [0, 0.05) is 115 Å². The van der Waals surface area contributed by atoms with E-state index in [1.165, 1.54) is 101 Å². The Morgan fingerprint density at radius 1 is 0.295 bits per heavy atom. The molecule has 7 aliphatic rings. The first-order chi connectivity index (χ1) is 67.6. The summed E-state index contributed by atoms with van der Waals surface area (Å²) < 4.78 is 9.56. The topological polar surface area (TPSA) is 232 Å². The first-order valence-corrected chi connectivity index (χ1v) is 53.4. The molecule has 1 atom stereocenters. The van der Waals surface area contributed by atoms with Crippen molar-refractivity contribution in [2.45, 2.75) is 263 Å². The maximum atomic E-state index is 6.47. The lowest BCUT2D eigenvalue weighted by molar-refractivity contribution is 0.248. The molecule has 0 amide bonds. The van der Waals surface area contributed by atoms with Crippen LogP contribution in [-0.2, 0) is 26.2 Å². The van der Waals surface area contributed by atoms with Gasteiger partial charge in [0.2, 0.25) is 23.8 Å². The summed E-state index contributed by atoms with van der Waals surface area (Å²) in [5.41, 5.74) is 16.3. The molecule has 20 rings (SSSR count). The highest BCUT2D eigenvalue weighted by molar-refractivity contribution is 6.44. The highest BCUT2D eigenvalue weighted by Crippen LogP contribution is 2.47. The highest BCUT2D eigenvalue weighted by atomic mass is 35.5. The van der Waals surface area contributed by atoms with Crippen LogP contribution in [0.3, 0.4) is 0 Å². The Bertz CT molecular complexity index is 6290. The highest BCUT2D eigenvalue weighted by Gasteiger charge is 2.36. The number of imidazole rings is 4. The van der Waals surface area contributed by atoms with Gasteiger partial charge in [-0.25, -0.2) is 59.8 Å². The molecule has 0 radical (unpaired) electrons. The number of nitrogens with zero attached hydrogens (tertiary/aromatic N) is 19. The third-order valence-electron chi connectivity index (χ3n) is 27.8. The number of benzene rings is 5. The lowest BCUT2D eigenvalue weighted by atomic mass is 9.88. The van der Waals surface area contributed by atoms with E-state index in [9.17, 15) is 0 Å². The molecule has 0 spiro atoms. The Morgan fingerprint density at radius 2 is 0.561 bits per heavy atom. The van der Waals surface area contributed by atoms with Crippen molar-refractivity contribution in [3.8, 4) is 90.6 Å². The Kier molecular flexibility index (Phi) is 34.7. The number of aromatic nitrogens is 16. The van der Waals surface area contributed by atoms with Gasteiger partial charge in [-0.05, 0) is 261 Å². The lowest BCUT2D eigenvalue weighted by Gasteiger charge is -2.29. The molecule has 4 N–H and O–H groups in total. The van der Waals surface area contributed by atoms with Gasteiger partial charge >= 0.3 is 0 Å². The molecule has 0 unspecified atom stereocenters. The Hall–Kier alpha value is -9.34. The number of anilines is 4. The second-order valence-electron chi connectivity index (χ2n) is 38.5. The van der Waals surface area contributed by atoms with Gasteiger partial charge in [-0.3, -0.25) is 0 Å². The van der Waals surface area contributed by atoms with Crippen LogP contribution in [0.15, 0.2) is 152 Å². The molecule has 7 fully saturated rings. The molecule has 5 aromatic carbocycles. The van der Waals surface area contributed by atoms with Crippen LogP contribution in [0.4, 0.5) is 23.8 Å². The van der Waals surface area contributed by atoms with Crippen molar-refractivity contribution in [3.05, 3.63) is 221 Å². The molecule has 732 valence electrons. The Labute approximate surface area is 859 Å². The van der Waals surface area contributed by atoms with E-state index in [-0.39, 0.29) is 6.04 Å². The minimum atomic E-state index is 0.0661. The van der Waals surface area contributed by atoms with Crippen LogP contribution >= 0.6 is 92.8 Å². The largest absolute Gasteiger partial charge is 0.351 e. The van der Waals surface area contributed by atoms with Gasteiger partial charge in [0.05, 0.1) is 115 Å². The summed E-state index contributed by atoms with van der Waals surface area (Å²) in [6, 6.07) is 42.8. The van der Waals surface area contributed by atoms with E-state index in [0.717, 1.165) is 238 Å². The number of nitrogens with one attached hydrogen (secondary N) is 4. The minimum Gasteiger partial charge on any atom is -0.351 e. The lowest BCUT2D eigenvalue weighted by Crippen LogP contribution is -2.30. The van der Waals surface area contributed by atoms with E-state index in [1.54, 1.807) is 0 Å². The van der Waals surface area contributed by atoms with Crippen molar-refractivity contribution in [1.82, 2.24) is 92.8 Å². The number of piperidine rings is 3. The zero-order chi connectivity index (χ0) is 96.7. The third kappa shape index (κ3) is 25.1. The van der Waals surface area contributed by atoms with Crippen LogP contribution in [0.25, 0.3) is 90.6 Å². The second kappa shape index (κ2) is 47.7. The zero-order valence-corrected chi connectivity index (χ0v) is 87.2. The fraction of sp³-hybridized carbons (Fsp3) is 0.463. The second-order valence-corrected chi connectivity index (χ2v) is 41.8. The predicted molar refractivity (Wildman–Crippen MR) is 573 cm³/mol. The third-order valence-corrected chi connectivity index (χ3v) is 30.7. The molecule has 31 heteroatoms. The molecule has 139 heavy (non-hydrogen) atoms. The SMILES string of the molecule is CCCn1c(C2CCCCC2)nc(-c2ccc(Cl)c(Cl)c2)c1-c1ccnc(NC2CC2)n1.CCCn1c(C2CCN(C)CC2)nc(-c2ccc(Cl)c(Cl)c2)c1-c1ccnc(NC2CC2)n1.CCCn1c(C2CCN(C)CC2)nc(-c2ccc(Cl)c(Cl)c2)c1-c1ccnc(NC2CCCCC2)n1.CCCn1c(C2CCN(C)CC2)nc(-c2ccc(Cl)c(Cl)c2)c1-c1ccnc(N[C@@H](C)c2ccccc2)n1. The van der Waals surface area contributed by atoms with Crippen LogP contribution < -0.4 is 21.3 Å². The molecular weight excluding hydrogens is 1900 g/mol. The predicted octanol–water partition coefficient (Wildman–Crippen LogP) is 28.4. The smallest absolute Gasteiger partial charge is 0.223 e. The van der Waals surface area contributed by atoms with E-state index in [1.807, 2.05) is 140 Å². The summed E-state index contributed by atoms with van der Waals surface area (Å²) in [7, 11) is 6.58. The molecule has 4 saturated carbocycles. The summed E-state index contributed by atoms with van der Waals surface area (Å²) in [5, 5.41) is 18.2. The normalized spacial score (nSPS) is 16.9. The van der Waals surface area contributed by atoms with Crippen molar-refractivity contribution < 1.29 is 0 Å². The van der Waals surface area contributed by atoms with Gasteiger partial charge in [-0.1, -0.05) is 214 Å². The van der Waals surface area contributed by atoms with E-state index in [2.05, 4.69) is 142 Å². The fourth-order valence-corrected chi connectivity index (χ4v) is 21.2. The molecule has 0 bridgehead atoms. The standard InChI is InChI=1S/C30H34Cl2N6.C28H36Cl2N6.C25H30Cl2N6.C25H29Cl2N5/c1-4-16-38-28(26-12-15-33-30(35-26)34-20(2)21-8-6-5-7-9-21)27(23-10-11-24(31)25(32)19-23)36-29(38)22-13-17-37(3)18-14-22;1-3-15-36-26(24-11-14-31-28(33-24)32-21-7-5-4-6-8-21)25(20-9-10-22(29)23(30)18-20)34-27(36)19-12-16-35(2)17-13-19;1-3-12-33-23(21-8-11-28-25(30-21)29-18-5-6-18)22(17-4-7-19(26)20(27)15-17)31-24(33)16-9-13-32(2)14-10-16;1-2-14-32-23(21-12-13-28-25(30-21)29-18-9-10-18)22(17-8-11-19(26)20(27)15-17)31-24(32)16-6-4-3-5-7-16/h5-12,15,19-20,22H,4,13-14,16-18H2,1-3H3,(H,33,34,35);9-11,14,18-19,21H,3-8,12-13,15-17H2,1-2H3,(H,31,32,33);4,7-8,11,15-16,18H,3,5-6,9-10,12-14H2,1-2H3,(H,28,29,30);8,11-13,15-16,18H,2-7,9-10,14H2,1H3,(H,28,29,30)/t20-;;;/m0.../s1. The minimum absolute atomic E-state index is 0.0661. The van der Waals surface area contributed by atoms with Crippen molar-refractivity contribution in [3.63, 3.8) is 0 Å². The van der Waals surface area contributed by atoms with Crippen LogP contribution in [0.5, 0.6) is 0 Å². The van der Waals surface area contributed by atoms with Gasteiger partial charge in [0.15, 0.2) is 0 Å². The average molecular weight is 2030 g/mol.